The highest BCUT2D eigenvalue weighted by molar-refractivity contribution is 5.88. The summed E-state index contributed by atoms with van der Waals surface area (Å²) < 4.78 is 5.29. The van der Waals surface area contributed by atoms with E-state index in [1.54, 1.807) is 0 Å². The van der Waals surface area contributed by atoms with Gasteiger partial charge in [0.25, 0.3) is 0 Å². The summed E-state index contributed by atoms with van der Waals surface area (Å²) in [6, 6.07) is 12.9. The van der Waals surface area contributed by atoms with Crippen LogP contribution in [0.25, 0.3) is 10.8 Å². The van der Waals surface area contributed by atoms with Gasteiger partial charge < -0.3 is 4.74 Å². The molecule has 3 heteroatoms. The summed E-state index contributed by atoms with van der Waals surface area (Å²) in [4.78, 5) is 14.6. The molecule has 0 radical (unpaired) electrons. The number of esters is 1. The lowest BCUT2D eigenvalue weighted by atomic mass is 10.0. The SMILES string of the molecule is CCOC(=O)C1(N2Cc3ccc4ccccc4c3C2)CC1. The number of hydrogen-bond acceptors (Lipinski definition) is 3. The Hall–Kier alpha value is -1.87. The molecule has 2 aliphatic rings. The minimum atomic E-state index is -0.351. The highest BCUT2D eigenvalue weighted by Crippen LogP contribution is 2.47. The van der Waals surface area contributed by atoms with Crippen LogP contribution in [0.3, 0.4) is 0 Å². The Labute approximate surface area is 124 Å². The van der Waals surface area contributed by atoms with Crippen molar-refractivity contribution in [3.63, 3.8) is 0 Å². The molecular formula is C18H19NO2. The predicted octanol–water partition coefficient (Wildman–Crippen LogP) is 3.25. The first kappa shape index (κ1) is 12.8. The van der Waals surface area contributed by atoms with E-state index in [1.165, 1.54) is 21.9 Å². The van der Waals surface area contributed by atoms with E-state index in [2.05, 4.69) is 41.3 Å². The Morgan fingerprint density at radius 3 is 2.76 bits per heavy atom. The molecule has 1 aliphatic heterocycles. The fraction of sp³-hybridized carbons (Fsp3) is 0.389. The van der Waals surface area contributed by atoms with E-state index in [1.807, 2.05) is 6.92 Å². The molecule has 21 heavy (non-hydrogen) atoms. The normalized spacial score (nSPS) is 19.5. The van der Waals surface area contributed by atoms with Crippen LogP contribution < -0.4 is 0 Å². The van der Waals surface area contributed by atoms with Crippen molar-refractivity contribution in [3.8, 4) is 0 Å². The Balaban J connectivity index is 1.68. The Bertz CT molecular complexity index is 718. The number of ether oxygens (including phenoxy) is 1. The van der Waals surface area contributed by atoms with E-state index in [0.717, 1.165) is 25.9 Å². The van der Waals surface area contributed by atoms with Gasteiger partial charge in [0.1, 0.15) is 5.54 Å². The molecule has 108 valence electrons. The molecule has 2 aromatic carbocycles. The van der Waals surface area contributed by atoms with Crippen molar-refractivity contribution in [2.75, 3.05) is 6.61 Å². The summed E-state index contributed by atoms with van der Waals surface area (Å²) in [5.41, 5.74) is 2.38. The zero-order chi connectivity index (χ0) is 14.4. The van der Waals surface area contributed by atoms with E-state index in [0.29, 0.717) is 6.61 Å². The van der Waals surface area contributed by atoms with Crippen LogP contribution in [-0.4, -0.2) is 23.0 Å². The first-order valence-corrected chi connectivity index (χ1v) is 7.66. The lowest BCUT2D eigenvalue weighted by molar-refractivity contribution is -0.151. The largest absolute Gasteiger partial charge is 0.465 e. The topological polar surface area (TPSA) is 29.5 Å². The van der Waals surface area contributed by atoms with Gasteiger partial charge in [-0.25, -0.2) is 0 Å². The van der Waals surface area contributed by atoms with E-state index in [9.17, 15) is 4.79 Å². The molecule has 0 bridgehead atoms. The van der Waals surface area contributed by atoms with Gasteiger partial charge in [-0.2, -0.15) is 0 Å². The van der Waals surface area contributed by atoms with Crippen molar-refractivity contribution in [2.45, 2.75) is 38.4 Å². The maximum Gasteiger partial charge on any atom is 0.326 e. The van der Waals surface area contributed by atoms with Gasteiger partial charge in [-0.3, -0.25) is 9.69 Å². The highest BCUT2D eigenvalue weighted by atomic mass is 16.5. The van der Waals surface area contributed by atoms with Crippen LogP contribution in [0.2, 0.25) is 0 Å². The van der Waals surface area contributed by atoms with Crippen molar-refractivity contribution >= 4 is 16.7 Å². The van der Waals surface area contributed by atoms with Crippen molar-refractivity contribution < 1.29 is 9.53 Å². The molecule has 1 aliphatic carbocycles. The zero-order valence-electron chi connectivity index (χ0n) is 12.3. The molecule has 0 spiro atoms. The molecule has 0 saturated heterocycles. The first-order valence-electron chi connectivity index (χ1n) is 7.66. The number of rotatable bonds is 3. The molecule has 4 rings (SSSR count). The molecule has 3 nitrogen and oxygen atoms in total. The van der Waals surface area contributed by atoms with Crippen LogP contribution in [0.15, 0.2) is 36.4 Å². The molecule has 1 heterocycles. The summed E-state index contributed by atoms with van der Waals surface area (Å²) in [6.07, 6.45) is 1.86. The van der Waals surface area contributed by atoms with E-state index >= 15 is 0 Å². The molecule has 0 atom stereocenters. The van der Waals surface area contributed by atoms with Gasteiger partial charge in [0, 0.05) is 13.1 Å². The minimum absolute atomic E-state index is 0.0397. The molecule has 1 fully saturated rings. The predicted molar refractivity (Wildman–Crippen MR) is 81.8 cm³/mol. The first-order chi connectivity index (χ1) is 10.2. The van der Waals surface area contributed by atoms with Crippen LogP contribution >= 0.6 is 0 Å². The maximum atomic E-state index is 12.3. The summed E-state index contributed by atoms with van der Waals surface area (Å²) in [7, 11) is 0. The quantitative estimate of drug-likeness (QED) is 0.809. The lowest BCUT2D eigenvalue weighted by Gasteiger charge is -2.25. The molecule has 0 amide bonds. The summed E-state index contributed by atoms with van der Waals surface area (Å²) in [6.45, 7) is 4.05. The van der Waals surface area contributed by atoms with E-state index in [4.69, 9.17) is 4.74 Å². The third-order valence-electron chi connectivity index (χ3n) is 4.83. The number of nitrogens with zero attached hydrogens (tertiary/aromatic N) is 1. The van der Waals surface area contributed by atoms with Crippen LogP contribution in [0.1, 0.15) is 30.9 Å². The van der Waals surface area contributed by atoms with Crippen molar-refractivity contribution in [3.05, 3.63) is 47.5 Å². The third-order valence-corrected chi connectivity index (χ3v) is 4.83. The molecular weight excluding hydrogens is 262 g/mol. The van der Waals surface area contributed by atoms with Gasteiger partial charge in [-0.1, -0.05) is 36.4 Å². The van der Waals surface area contributed by atoms with Gasteiger partial charge in [-0.15, -0.1) is 0 Å². The lowest BCUT2D eigenvalue weighted by Crippen LogP contribution is -2.41. The molecule has 2 aromatic rings. The zero-order valence-corrected chi connectivity index (χ0v) is 12.3. The summed E-state index contributed by atoms with van der Waals surface area (Å²) in [5.74, 6) is -0.0397. The second-order valence-electron chi connectivity index (χ2n) is 6.03. The van der Waals surface area contributed by atoms with Crippen molar-refractivity contribution in [1.29, 1.82) is 0 Å². The molecule has 0 unspecified atom stereocenters. The van der Waals surface area contributed by atoms with Gasteiger partial charge in [0.2, 0.25) is 0 Å². The average molecular weight is 281 g/mol. The standard InChI is InChI=1S/C18H19NO2/c1-2-21-17(20)18(9-10-18)19-11-14-8-7-13-5-3-4-6-15(13)16(14)12-19/h3-8H,2,9-12H2,1H3. The maximum absolute atomic E-state index is 12.3. The highest BCUT2D eigenvalue weighted by Gasteiger charge is 2.57. The second kappa shape index (κ2) is 4.57. The van der Waals surface area contributed by atoms with Gasteiger partial charge in [-0.05, 0) is 41.7 Å². The molecule has 0 N–H and O–H groups in total. The average Bonchev–Trinajstić information content (AvgIpc) is 3.20. The van der Waals surface area contributed by atoms with E-state index < -0.39 is 0 Å². The third kappa shape index (κ3) is 1.88. The fourth-order valence-corrected chi connectivity index (χ4v) is 3.50. The van der Waals surface area contributed by atoms with Crippen LogP contribution in [0.5, 0.6) is 0 Å². The van der Waals surface area contributed by atoms with Crippen molar-refractivity contribution in [2.24, 2.45) is 0 Å². The molecule has 0 aromatic heterocycles. The van der Waals surface area contributed by atoms with Crippen LogP contribution in [0, 0.1) is 0 Å². The monoisotopic (exact) mass is 281 g/mol. The Morgan fingerprint density at radius 2 is 2.00 bits per heavy atom. The summed E-state index contributed by atoms with van der Waals surface area (Å²) >= 11 is 0. The Morgan fingerprint density at radius 1 is 1.19 bits per heavy atom. The smallest absolute Gasteiger partial charge is 0.326 e. The van der Waals surface area contributed by atoms with Gasteiger partial charge in [0.05, 0.1) is 6.61 Å². The van der Waals surface area contributed by atoms with Gasteiger partial charge >= 0.3 is 5.97 Å². The Kier molecular flexibility index (Phi) is 2.79. The molecule has 1 saturated carbocycles. The van der Waals surface area contributed by atoms with Crippen molar-refractivity contribution in [1.82, 2.24) is 4.90 Å². The number of carbonyl (C=O) groups is 1. The number of benzene rings is 2. The van der Waals surface area contributed by atoms with Gasteiger partial charge in [0.15, 0.2) is 0 Å². The number of hydrogen-bond donors (Lipinski definition) is 0. The number of carbonyl (C=O) groups excluding carboxylic acids is 1. The van der Waals surface area contributed by atoms with E-state index in [-0.39, 0.29) is 11.5 Å². The number of fused-ring (bicyclic) bond motifs is 3. The van der Waals surface area contributed by atoms with Crippen LogP contribution in [-0.2, 0) is 22.6 Å². The van der Waals surface area contributed by atoms with Crippen LogP contribution in [0.4, 0.5) is 0 Å². The summed E-state index contributed by atoms with van der Waals surface area (Å²) in [5, 5.41) is 2.59. The second-order valence-corrected chi connectivity index (χ2v) is 6.03. The minimum Gasteiger partial charge on any atom is -0.465 e. The fourth-order valence-electron chi connectivity index (χ4n) is 3.50.